The van der Waals surface area contributed by atoms with Gasteiger partial charge < -0.3 is 10.5 Å². The highest BCUT2D eigenvalue weighted by Crippen LogP contribution is 2.03. The summed E-state index contributed by atoms with van der Waals surface area (Å²) in [6.07, 6.45) is -0.542. The molecule has 66 valence electrons. The molecule has 0 heterocycles. The van der Waals surface area contributed by atoms with Crippen LogP contribution in [0.15, 0.2) is 0 Å². The molecule has 2 N–H and O–H groups in total. The Labute approximate surface area is 67.5 Å². The molecular weight excluding hydrogens is 144 g/mol. The Hall–Kier alpha value is -0.610. The predicted octanol–water partition coefficient (Wildman–Crippen LogP) is -0.459. The number of carbonyl (C=O) groups excluding carboxylic acids is 1. The molecule has 0 aromatic rings. The Kier molecular flexibility index (Phi) is 3.48. The molecule has 0 aromatic heterocycles. The quantitative estimate of drug-likeness (QED) is 0.448. The first-order chi connectivity index (χ1) is 4.89. The van der Waals surface area contributed by atoms with E-state index < -0.39 is 12.1 Å². The number of amides is 1. The minimum Gasteiger partial charge on any atom is -0.362 e. The number of likely N-dealkylation sites (N-methyl/N-ethyl adjacent to an activating group) is 1. The molecule has 0 aliphatic heterocycles. The largest absolute Gasteiger partial charge is 0.362 e. The molecule has 4 nitrogen and oxygen atoms in total. The van der Waals surface area contributed by atoms with Crippen LogP contribution in [-0.4, -0.2) is 44.4 Å². The number of nitrogens with two attached hydrogens (primary N) is 1. The van der Waals surface area contributed by atoms with Gasteiger partial charge in [0.2, 0.25) is 0 Å². The van der Waals surface area contributed by atoms with Gasteiger partial charge in [0.15, 0.2) is 0 Å². The average Bonchev–Trinajstić information content (AvgIpc) is 1.79. The standard InChI is InChI=1S/C7H16N2O2/c1-5-11-7(6(8)10)9(2,3)4/h7H,5H2,1-4H3,(H-,8,10)/p+1. The van der Waals surface area contributed by atoms with Crippen molar-refractivity contribution in [2.45, 2.75) is 13.2 Å². The summed E-state index contributed by atoms with van der Waals surface area (Å²) in [5, 5.41) is 0. The van der Waals surface area contributed by atoms with Crippen LogP contribution in [0.1, 0.15) is 6.92 Å². The van der Waals surface area contributed by atoms with Gasteiger partial charge in [-0.1, -0.05) is 0 Å². The number of hydrogen-bond donors (Lipinski definition) is 1. The molecule has 0 saturated heterocycles. The monoisotopic (exact) mass is 161 g/mol. The van der Waals surface area contributed by atoms with E-state index in [1.165, 1.54) is 0 Å². The number of hydrogen-bond acceptors (Lipinski definition) is 2. The molecule has 11 heavy (non-hydrogen) atoms. The zero-order valence-electron chi connectivity index (χ0n) is 7.63. The third-order valence-electron chi connectivity index (χ3n) is 1.27. The molecule has 0 bridgehead atoms. The van der Waals surface area contributed by atoms with E-state index in [9.17, 15) is 4.79 Å². The van der Waals surface area contributed by atoms with Crippen LogP contribution in [0.2, 0.25) is 0 Å². The van der Waals surface area contributed by atoms with Crippen molar-refractivity contribution < 1.29 is 14.0 Å². The second-order valence-electron chi connectivity index (χ2n) is 3.33. The van der Waals surface area contributed by atoms with Gasteiger partial charge >= 0.3 is 5.91 Å². The minimum absolute atomic E-state index is 0.406. The van der Waals surface area contributed by atoms with Crippen LogP contribution < -0.4 is 5.73 Å². The van der Waals surface area contributed by atoms with Crippen molar-refractivity contribution in [2.75, 3.05) is 27.7 Å². The van der Waals surface area contributed by atoms with Crippen LogP contribution in [-0.2, 0) is 9.53 Å². The van der Waals surface area contributed by atoms with E-state index in [4.69, 9.17) is 10.5 Å². The van der Waals surface area contributed by atoms with Crippen LogP contribution in [0.3, 0.4) is 0 Å². The maximum absolute atomic E-state index is 10.8. The van der Waals surface area contributed by atoms with E-state index in [2.05, 4.69) is 0 Å². The Morgan fingerprint density at radius 1 is 1.55 bits per heavy atom. The fourth-order valence-electron chi connectivity index (χ4n) is 0.845. The molecule has 0 aliphatic rings. The van der Waals surface area contributed by atoms with Crippen LogP contribution in [0.4, 0.5) is 0 Å². The summed E-state index contributed by atoms with van der Waals surface area (Å²) >= 11 is 0. The van der Waals surface area contributed by atoms with Crippen molar-refractivity contribution >= 4 is 5.91 Å². The number of carbonyl (C=O) groups is 1. The summed E-state index contributed by atoms with van der Waals surface area (Å²) < 4.78 is 5.57. The van der Waals surface area contributed by atoms with E-state index in [-0.39, 0.29) is 0 Å². The highest BCUT2D eigenvalue weighted by atomic mass is 16.5. The average molecular weight is 161 g/mol. The zero-order chi connectivity index (χ0) is 9.07. The predicted molar refractivity (Wildman–Crippen MR) is 42.6 cm³/mol. The zero-order valence-corrected chi connectivity index (χ0v) is 7.63. The summed E-state index contributed by atoms with van der Waals surface area (Å²) in [6, 6.07) is 0. The molecule has 0 radical (unpaired) electrons. The molecule has 1 unspecified atom stereocenters. The van der Waals surface area contributed by atoms with Crippen molar-refractivity contribution in [3.63, 3.8) is 0 Å². The first-order valence-electron chi connectivity index (χ1n) is 3.61. The SMILES string of the molecule is CCOC(C(N)=O)[N+](C)(C)C. The molecule has 0 spiro atoms. The molecule has 1 amide bonds. The van der Waals surface area contributed by atoms with Crippen molar-refractivity contribution in [3.8, 4) is 0 Å². The highest BCUT2D eigenvalue weighted by molar-refractivity contribution is 5.77. The number of quaternary nitrogens is 1. The lowest BCUT2D eigenvalue weighted by molar-refractivity contribution is -0.908. The van der Waals surface area contributed by atoms with Crippen LogP contribution in [0.5, 0.6) is 0 Å². The Balaban J connectivity index is 4.22. The summed E-state index contributed by atoms with van der Waals surface area (Å²) in [5.74, 6) is -0.417. The Bertz CT molecular complexity index is 140. The van der Waals surface area contributed by atoms with Gasteiger partial charge in [-0.05, 0) is 6.92 Å². The first kappa shape index (κ1) is 10.4. The smallest absolute Gasteiger partial charge is 0.305 e. The third kappa shape index (κ3) is 3.34. The molecule has 0 fully saturated rings. The number of rotatable bonds is 4. The van der Waals surface area contributed by atoms with Gasteiger partial charge in [0, 0.05) is 0 Å². The highest BCUT2D eigenvalue weighted by Gasteiger charge is 2.29. The van der Waals surface area contributed by atoms with Gasteiger partial charge in [0.25, 0.3) is 6.23 Å². The summed E-state index contributed by atoms with van der Waals surface area (Å²) in [4.78, 5) is 10.8. The maximum Gasteiger partial charge on any atom is 0.305 e. The Morgan fingerprint density at radius 2 is 2.00 bits per heavy atom. The lowest BCUT2D eigenvalue weighted by Gasteiger charge is -2.30. The van der Waals surface area contributed by atoms with Gasteiger partial charge in [-0.25, -0.2) is 0 Å². The van der Waals surface area contributed by atoms with Crippen molar-refractivity contribution in [2.24, 2.45) is 5.73 Å². The van der Waals surface area contributed by atoms with Crippen molar-refractivity contribution in [3.05, 3.63) is 0 Å². The van der Waals surface area contributed by atoms with Crippen molar-refractivity contribution in [1.82, 2.24) is 0 Å². The summed E-state index contributed by atoms with van der Waals surface area (Å²) in [7, 11) is 5.60. The van der Waals surface area contributed by atoms with Gasteiger partial charge in [-0.2, -0.15) is 0 Å². The normalized spacial score (nSPS) is 14.5. The molecule has 0 saturated carbocycles. The van der Waals surface area contributed by atoms with Crippen LogP contribution >= 0.6 is 0 Å². The molecule has 0 aliphatic carbocycles. The second-order valence-corrected chi connectivity index (χ2v) is 3.33. The van der Waals surface area contributed by atoms with Crippen LogP contribution in [0.25, 0.3) is 0 Å². The third-order valence-corrected chi connectivity index (χ3v) is 1.27. The number of primary amides is 1. The maximum atomic E-state index is 10.8. The van der Waals surface area contributed by atoms with E-state index in [1.54, 1.807) is 0 Å². The van der Waals surface area contributed by atoms with Gasteiger partial charge in [-0.15, -0.1) is 0 Å². The Morgan fingerprint density at radius 3 is 2.09 bits per heavy atom. The number of nitrogens with zero attached hydrogens (tertiary/aromatic N) is 1. The molecule has 0 rings (SSSR count). The van der Waals surface area contributed by atoms with Gasteiger partial charge in [0.05, 0.1) is 27.7 Å². The molecule has 1 atom stereocenters. The molecule has 4 heteroatoms. The van der Waals surface area contributed by atoms with Gasteiger partial charge in [0.1, 0.15) is 0 Å². The minimum atomic E-state index is -0.542. The van der Waals surface area contributed by atoms with E-state index >= 15 is 0 Å². The lowest BCUT2D eigenvalue weighted by Crippen LogP contribution is -2.53. The van der Waals surface area contributed by atoms with E-state index in [1.807, 2.05) is 28.1 Å². The summed E-state index contributed by atoms with van der Waals surface area (Å²) in [6.45, 7) is 2.34. The van der Waals surface area contributed by atoms with E-state index in [0.717, 1.165) is 0 Å². The topological polar surface area (TPSA) is 52.3 Å². The fourth-order valence-corrected chi connectivity index (χ4v) is 0.845. The van der Waals surface area contributed by atoms with Crippen LogP contribution in [0, 0.1) is 0 Å². The molecular formula is C7H17N2O2+. The van der Waals surface area contributed by atoms with Crippen molar-refractivity contribution in [1.29, 1.82) is 0 Å². The summed E-state index contributed by atoms with van der Waals surface area (Å²) in [5.41, 5.74) is 5.13. The van der Waals surface area contributed by atoms with Gasteiger partial charge in [-0.3, -0.25) is 9.28 Å². The number of ether oxygens (including phenoxy) is 1. The fraction of sp³-hybridized carbons (Fsp3) is 0.857. The lowest BCUT2D eigenvalue weighted by atomic mass is 10.4. The molecule has 0 aromatic carbocycles. The first-order valence-corrected chi connectivity index (χ1v) is 3.61. The van der Waals surface area contributed by atoms with E-state index in [0.29, 0.717) is 11.1 Å². The second kappa shape index (κ2) is 3.69.